The van der Waals surface area contributed by atoms with Gasteiger partial charge in [-0.25, -0.2) is 0 Å². The average Bonchev–Trinajstić information content (AvgIpc) is 3.05. The van der Waals surface area contributed by atoms with Gasteiger partial charge in [0.2, 0.25) is 11.8 Å². The Morgan fingerprint density at radius 1 is 1.13 bits per heavy atom. The molecule has 0 saturated carbocycles. The Hall–Kier alpha value is -3.03. The molecule has 2 aromatic rings. The number of carbonyl (C=O) groups excluding carboxylic acids is 2. The van der Waals surface area contributed by atoms with Crippen molar-refractivity contribution in [1.29, 1.82) is 0 Å². The number of hydrogen-bond acceptors (Lipinski definition) is 3. The SMILES string of the molecule is Cc1ccc(NC(=O)C2CCN(c3ccc(C)c(C)c3)C2=O)c(OCC(F)(F)F)c1. The monoisotopic (exact) mass is 420 g/mol. The Balaban J connectivity index is 1.73. The van der Waals surface area contributed by atoms with Crippen LogP contribution in [-0.4, -0.2) is 31.1 Å². The van der Waals surface area contributed by atoms with Gasteiger partial charge >= 0.3 is 6.18 Å². The molecule has 0 spiro atoms. The third kappa shape index (κ3) is 4.93. The van der Waals surface area contributed by atoms with E-state index in [-0.39, 0.29) is 17.3 Å². The molecular weight excluding hydrogens is 397 g/mol. The van der Waals surface area contributed by atoms with Gasteiger partial charge < -0.3 is 15.0 Å². The highest BCUT2D eigenvalue weighted by atomic mass is 19.4. The van der Waals surface area contributed by atoms with E-state index in [4.69, 9.17) is 4.74 Å². The van der Waals surface area contributed by atoms with Crippen LogP contribution in [0.5, 0.6) is 5.75 Å². The minimum atomic E-state index is -4.50. The zero-order valence-corrected chi connectivity index (χ0v) is 17.0. The smallest absolute Gasteiger partial charge is 0.422 e. The highest BCUT2D eigenvalue weighted by Gasteiger charge is 2.38. The van der Waals surface area contributed by atoms with Crippen LogP contribution < -0.4 is 15.0 Å². The minimum Gasteiger partial charge on any atom is -0.482 e. The zero-order chi connectivity index (χ0) is 22.1. The summed E-state index contributed by atoms with van der Waals surface area (Å²) in [6.45, 7) is 4.55. The van der Waals surface area contributed by atoms with Gasteiger partial charge in [0.25, 0.3) is 0 Å². The van der Waals surface area contributed by atoms with Gasteiger partial charge in [-0.3, -0.25) is 9.59 Å². The molecule has 2 aromatic carbocycles. The molecule has 0 aliphatic carbocycles. The molecule has 3 rings (SSSR count). The van der Waals surface area contributed by atoms with Crippen LogP contribution in [0.25, 0.3) is 0 Å². The lowest BCUT2D eigenvalue weighted by molar-refractivity contribution is -0.153. The van der Waals surface area contributed by atoms with E-state index in [1.54, 1.807) is 17.9 Å². The molecule has 0 radical (unpaired) electrons. The van der Waals surface area contributed by atoms with Crippen molar-refractivity contribution in [1.82, 2.24) is 0 Å². The van der Waals surface area contributed by atoms with E-state index >= 15 is 0 Å². The highest BCUT2D eigenvalue weighted by molar-refractivity contribution is 6.13. The molecule has 1 heterocycles. The summed E-state index contributed by atoms with van der Waals surface area (Å²) in [5.74, 6) is -1.90. The maximum atomic E-state index is 12.8. The summed E-state index contributed by atoms with van der Waals surface area (Å²) in [5, 5.41) is 2.56. The van der Waals surface area contributed by atoms with Crippen LogP contribution in [0.4, 0.5) is 24.5 Å². The molecular formula is C22H23F3N2O3. The second-order valence-corrected chi connectivity index (χ2v) is 7.49. The van der Waals surface area contributed by atoms with E-state index in [9.17, 15) is 22.8 Å². The van der Waals surface area contributed by atoms with Crippen molar-refractivity contribution >= 4 is 23.2 Å². The van der Waals surface area contributed by atoms with Crippen molar-refractivity contribution in [3.05, 3.63) is 53.1 Å². The Morgan fingerprint density at radius 3 is 2.53 bits per heavy atom. The van der Waals surface area contributed by atoms with E-state index in [2.05, 4.69) is 5.32 Å². The molecule has 1 saturated heterocycles. The molecule has 1 atom stereocenters. The van der Waals surface area contributed by atoms with Gasteiger partial charge in [-0.15, -0.1) is 0 Å². The first-order valence-electron chi connectivity index (χ1n) is 9.55. The number of rotatable bonds is 5. The van der Waals surface area contributed by atoms with Crippen molar-refractivity contribution < 1.29 is 27.5 Å². The van der Waals surface area contributed by atoms with Crippen molar-refractivity contribution in [3.8, 4) is 5.75 Å². The van der Waals surface area contributed by atoms with E-state index in [1.165, 1.54) is 12.1 Å². The Labute approximate surface area is 172 Å². The zero-order valence-electron chi connectivity index (χ0n) is 17.0. The van der Waals surface area contributed by atoms with Gasteiger partial charge in [0, 0.05) is 12.2 Å². The fraction of sp³-hybridized carbons (Fsp3) is 0.364. The first kappa shape index (κ1) is 21.7. The minimum absolute atomic E-state index is 0.0860. The van der Waals surface area contributed by atoms with Crippen LogP contribution >= 0.6 is 0 Å². The number of aryl methyl sites for hydroxylation is 3. The van der Waals surface area contributed by atoms with Crippen molar-refractivity contribution in [2.45, 2.75) is 33.4 Å². The van der Waals surface area contributed by atoms with Gasteiger partial charge in [0.05, 0.1) is 5.69 Å². The van der Waals surface area contributed by atoms with Crippen molar-refractivity contribution in [3.63, 3.8) is 0 Å². The summed E-state index contributed by atoms with van der Waals surface area (Å²) in [6, 6.07) is 10.2. The van der Waals surface area contributed by atoms with E-state index < -0.39 is 24.6 Å². The number of anilines is 2. The molecule has 1 aliphatic rings. The molecule has 1 N–H and O–H groups in total. The number of nitrogens with zero attached hydrogens (tertiary/aromatic N) is 1. The van der Waals surface area contributed by atoms with Crippen LogP contribution in [0.2, 0.25) is 0 Å². The first-order valence-corrected chi connectivity index (χ1v) is 9.55. The fourth-order valence-corrected chi connectivity index (χ4v) is 3.30. The van der Waals surface area contributed by atoms with Crippen LogP contribution in [-0.2, 0) is 9.59 Å². The maximum Gasteiger partial charge on any atom is 0.422 e. The highest BCUT2D eigenvalue weighted by Crippen LogP contribution is 2.31. The van der Waals surface area contributed by atoms with E-state index in [0.29, 0.717) is 18.5 Å². The van der Waals surface area contributed by atoms with Gasteiger partial charge in [0.15, 0.2) is 6.61 Å². The summed E-state index contributed by atoms with van der Waals surface area (Å²) < 4.78 is 42.4. The quantitative estimate of drug-likeness (QED) is 0.723. The van der Waals surface area contributed by atoms with Crippen LogP contribution in [0.1, 0.15) is 23.1 Å². The lowest BCUT2D eigenvalue weighted by Crippen LogP contribution is -2.33. The predicted molar refractivity (Wildman–Crippen MR) is 108 cm³/mol. The molecule has 1 fully saturated rings. The fourth-order valence-electron chi connectivity index (χ4n) is 3.30. The van der Waals surface area contributed by atoms with Crippen molar-refractivity contribution in [2.75, 3.05) is 23.4 Å². The number of amides is 2. The third-order valence-corrected chi connectivity index (χ3v) is 5.11. The molecule has 1 unspecified atom stereocenters. The topological polar surface area (TPSA) is 58.6 Å². The normalized spacial score (nSPS) is 16.7. The molecule has 30 heavy (non-hydrogen) atoms. The Kier molecular flexibility index (Phi) is 6.05. The standard InChI is InChI=1S/C22H23F3N2O3/c1-13-4-7-18(19(10-13)30-12-22(23,24)25)26-20(28)17-8-9-27(21(17)29)16-6-5-14(2)15(3)11-16/h4-7,10-11,17H,8-9,12H2,1-3H3,(H,26,28). The number of ether oxygens (including phenoxy) is 1. The molecule has 0 aromatic heterocycles. The van der Waals surface area contributed by atoms with Crippen LogP contribution in [0.15, 0.2) is 36.4 Å². The van der Waals surface area contributed by atoms with Gasteiger partial charge in [-0.1, -0.05) is 12.1 Å². The summed E-state index contributed by atoms with van der Waals surface area (Å²) in [4.78, 5) is 27.1. The second kappa shape index (κ2) is 8.38. The summed E-state index contributed by atoms with van der Waals surface area (Å²) >= 11 is 0. The molecule has 2 amide bonds. The average molecular weight is 420 g/mol. The molecule has 8 heteroatoms. The summed E-state index contributed by atoms with van der Waals surface area (Å²) in [5.41, 5.74) is 3.66. The Bertz CT molecular complexity index is 973. The number of hydrogen-bond donors (Lipinski definition) is 1. The second-order valence-electron chi connectivity index (χ2n) is 7.49. The lowest BCUT2D eigenvalue weighted by atomic mass is 10.1. The first-order chi connectivity index (χ1) is 14.0. The number of halogens is 3. The number of alkyl halides is 3. The summed E-state index contributed by atoms with van der Waals surface area (Å²) in [7, 11) is 0. The third-order valence-electron chi connectivity index (χ3n) is 5.11. The Morgan fingerprint density at radius 2 is 1.87 bits per heavy atom. The van der Waals surface area contributed by atoms with Gasteiger partial charge in [-0.05, 0) is 68.1 Å². The number of carbonyl (C=O) groups is 2. The molecule has 1 aliphatic heterocycles. The number of benzene rings is 2. The van der Waals surface area contributed by atoms with Crippen LogP contribution in [0, 0.1) is 26.7 Å². The maximum absolute atomic E-state index is 12.8. The summed E-state index contributed by atoms with van der Waals surface area (Å²) in [6.07, 6.45) is -4.18. The molecule has 5 nitrogen and oxygen atoms in total. The number of nitrogens with one attached hydrogen (secondary N) is 1. The largest absolute Gasteiger partial charge is 0.482 e. The molecule has 160 valence electrons. The van der Waals surface area contributed by atoms with Crippen molar-refractivity contribution in [2.24, 2.45) is 5.92 Å². The van der Waals surface area contributed by atoms with Gasteiger partial charge in [0.1, 0.15) is 11.7 Å². The lowest BCUT2D eigenvalue weighted by Gasteiger charge is -2.19. The molecule has 0 bridgehead atoms. The van der Waals surface area contributed by atoms with Gasteiger partial charge in [-0.2, -0.15) is 13.2 Å². The van der Waals surface area contributed by atoms with Crippen LogP contribution in [0.3, 0.4) is 0 Å². The van der Waals surface area contributed by atoms with E-state index in [1.807, 2.05) is 32.0 Å². The van der Waals surface area contributed by atoms with E-state index in [0.717, 1.165) is 16.8 Å². The predicted octanol–water partition coefficient (Wildman–Crippen LogP) is 4.54.